The lowest BCUT2D eigenvalue weighted by Gasteiger charge is -2.10. The zero-order valence-corrected chi connectivity index (χ0v) is 29.2. The fourth-order valence-electron chi connectivity index (χ4n) is 3.55. The first kappa shape index (κ1) is 45.7. The predicted octanol–water partition coefficient (Wildman–Crippen LogP) is 6.57. The third-order valence-corrected chi connectivity index (χ3v) is 6.20. The molecular weight excluding hydrogens is 620 g/mol. The largest absolute Gasteiger partial charge is 0.481 e. The first-order chi connectivity index (χ1) is 22.7. The molecule has 48 heavy (non-hydrogen) atoms. The standard InChI is InChI=1S/C15H20O3.C10H12O3.C8H14O3.C4H8O2/c1-3-7-14(16)10-12(2)15(17)18-11-13-8-5-4-6-9-13;1-8(11)10(12)13-7-9-5-3-2-4-6-9;1-3-4-7(9)5-6(2)8(10)11;1-2-3-4(5)6/h4-6,8-9,12H,3,7,10-11H2,1-2H3;2-6,8,11H,7H2,1H3;6H,3-5H2,1-2H3,(H,10,11);2-3H2,1H3,(H,5,6)/t12-;8-;6-;/m101./s1. The van der Waals surface area contributed by atoms with E-state index < -0.39 is 29.9 Å². The average Bonchev–Trinajstić information content (AvgIpc) is 3.04. The van der Waals surface area contributed by atoms with Crippen molar-refractivity contribution in [3.63, 3.8) is 0 Å². The summed E-state index contributed by atoms with van der Waals surface area (Å²) in [4.78, 5) is 64.7. The second-order valence-corrected chi connectivity index (χ2v) is 11.1. The van der Waals surface area contributed by atoms with E-state index in [1.807, 2.05) is 81.4 Å². The Morgan fingerprint density at radius 2 is 0.958 bits per heavy atom. The second kappa shape index (κ2) is 28.8. The van der Waals surface area contributed by atoms with Crippen LogP contribution in [0.2, 0.25) is 0 Å². The normalized spacial score (nSPS) is 11.6. The van der Waals surface area contributed by atoms with Gasteiger partial charge >= 0.3 is 23.9 Å². The maximum absolute atomic E-state index is 11.7. The number of hydrogen-bond donors (Lipinski definition) is 3. The van der Waals surface area contributed by atoms with Gasteiger partial charge in [-0.25, -0.2) is 4.79 Å². The Labute approximate surface area is 284 Å². The molecule has 0 unspecified atom stereocenters. The molecule has 0 aliphatic carbocycles. The smallest absolute Gasteiger partial charge is 0.334 e. The summed E-state index contributed by atoms with van der Waals surface area (Å²) in [5.74, 6) is -3.22. The molecule has 11 nitrogen and oxygen atoms in total. The number of hydrogen-bond acceptors (Lipinski definition) is 9. The first-order valence-electron chi connectivity index (χ1n) is 16.2. The molecule has 2 aromatic rings. The Morgan fingerprint density at radius 1 is 0.583 bits per heavy atom. The monoisotopic (exact) mass is 674 g/mol. The fraction of sp³-hybridized carbons (Fsp3) is 0.514. The Balaban J connectivity index is 0. The van der Waals surface area contributed by atoms with Crippen molar-refractivity contribution in [1.82, 2.24) is 0 Å². The van der Waals surface area contributed by atoms with Crippen LogP contribution < -0.4 is 0 Å². The van der Waals surface area contributed by atoms with Crippen LogP contribution >= 0.6 is 0 Å². The van der Waals surface area contributed by atoms with Crippen LogP contribution in [0.5, 0.6) is 0 Å². The zero-order valence-electron chi connectivity index (χ0n) is 29.2. The number of carbonyl (C=O) groups is 6. The van der Waals surface area contributed by atoms with Crippen LogP contribution in [0.4, 0.5) is 0 Å². The molecule has 0 fully saturated rings. The van der Waals surface area contributed by atoms with Gasteiger partial charge in [0.25, 0.3) is 0 Å². The van der Waals surface area contributed by atoms with Gasteiger partial charge < -0.3 is 24.8 Å². The maximum atomic E-state index is 11.7. The van der Waals surface area contributed by atoms with Crippen molar-refractivity contribution in [2.75, 3.05) is 0 Å². The van der Waals surface area contributed by atoms with E-state index in [0.29, 0.717) is 19.3 Å². The third-order valence-electron chi connectivity index (χ3n) is 6.20. The summed E-state index contributed by atoms with van der Waals surface area (Å²) in [7, 11) is 0. The van der Waals surface area contributed by atoms with Crippen molar-refractivity contribution in [2.45, 2.75) is 112 Å². The highest BCUT2D eigenvalue weighted by Crippen LogP contribution is 2.10. The number of benzene rings is 2. The summed E-state index contributed by atoms with van der Waals surface area (Å²) in [5.41, 5.74) is 1.87. The lowest BCUT2D eigenvalue weighted by Crippen LogP contribution is -2.18. The highest BCUT2D eigenvalue weighted by Gasteiger charge is 2.18. The zero-order chi connectivity index (χ0) is 36.9. The van der Waals surface area contributed by atoms with E-state index in [1.54, 1.807) is 13.8 Å². The Hall–Kier alpha value is -4.38. The number of rotatable bonds is 17. The van der Waals surface area contributed by atoms with Crippen LogP contribution in [0, 0.1) is 11.8 Å². The van der Waals surface area contributed by atoms with Crippen molar-refractivity contribution in [2.24, 2.45) is 11.8 Å². The van der Waals surface area contributed by atoms with E-state index in [1.165, 1.54) is 6.92 Å². The van der Waals surface area contributed by atoms with E-state index in [0.717, 1.165) is 30.4 Å². The van der Waals surface area contributed by atoms with Gasteiger partial charge in [0.15, 0.2) is 0 Å². The number of carboxylic acids is 2. The Bertz CT molecular complexity index is 1190. The topological polar surface area (TPSA) is 182 Å². The third kappa shape index (κ3) is 26.8. The number of esters is 2. The van der Waals surface area contributed by atoms with Crippen molar-refractivity contribution in [3.05, 3.63) is 71.8 Å². The van der Waals surface area contributed by atoms with E-state index in [9.17, 15) is 28.8 Å². The van der Waals surface area contributed by atoms with Crippen molar-refractivity contribution in [1.29, 1.82) is 0 Å². The summed E-state index contributed by atoms with van der Waals surface area (Å²) < 4.78 is 9.98. The number of aliphatic hydroxyl groups is 1. The SMILES string of the molecule is CCCC(=O)C[C@@H](C)C(=O)O.CCCC(=O)C[C@@H](C)C(=O)OCc1ccccc1.CCCC(=O)O.C[C@H](O)C(=O)OCc1ccccc1. The number of aliphatic carboxylic acids is 2. The maximum Gasteiger partial charge on any atom is 0.334 e. The summed E-state index contributed by atoms with van der Waals surface area (Å²) in [6.45, 7) is 10.9. The number of carbonyl (C=O) groups excluding carboxylic acids is 4. The summed E-state index contributed by atoms with van der Waals surface area (Å²) >= 11 is 0. The first-order valence-corrected chi connectivity index (χ1v) is 16.2. The van der Waals surface area contributed by atoms with E-state index >= 15 is 0 Å². The van der Waals surface area contributed by atoms with E-state index in [-0.39, 0.29) is 49.5 Å². The van der Waals surface area contributed by atoms with E-state index in [2.05, 4.69) is 0 Å². The predicted molar refractivity (Wildman–Crippen MR) is 182 cm³/mol. The number of aliphatic hydroxyl groups excluding tert-OH is 1. The van der Waals surface area contributed by atoms with Gasteiger partial charge in [-0.15, -0.1) is 0 Å². The highest BCUT2D eigenvalue weighted by molar-refractivity contribution is 5.84. The molecule has 0 aliphatic rings. The van der Waals surface area contributed by atoms with Crippen molar-refractivity contribution >= 4 is 35.4 Å². The van der Waals surface area contributed by atoms with Crippen LogP contribution in [-0.2, 0) is 51.5 Å². The van der Waals surface area contributed by atoms with Crippen molar-refractivity contribution in [3.8, 4) is 0 Å². The molecule has 0 saturated heterocycles. The molecule has 2 rings (SSSR count). The minimum absolute atomic E-state index is 0.0439. The fourth-order valence-corrected chi connectivity index (χ4v) is 3.55. The molecule has 11 heteroatoms. The van der Waals surface area contributed by atoms with Crippen molar-refractivity contribution < 1.29 is 53.6 Å². The molecular formula is C37H54O11. The van der Waals surface area contributed by atoms with Gasteiger partial charge in [-0.05, 0) is 37.3 Å². The Kier molecular flexibility index (Phi) is 27.5. The van der Waals surface area contributed by atoms with Crippen LogP contribution in [0.1, 0.15) is 104 Å². The quantitative estimate of drug-likeness (QED) is 0.154. The van der Waals surface area contributed by atoms with Gasteiger partial charge in [0, 0.05) is 32.1 Å². The minimum atomic E-state index is -1.05. The molecule has 3 N–H and O–H groups in total. The summed E-state index contributed by atoms with van der Waals surface area (Å²) in [6.07, 6.45) is 3.08. The molecule has 0 bridgehead atoms. The highest BCUT2D eigenvalue weighted by atomic mass is 16.5. The summed E-state index contributed by atoms with van der Waals surface area (Å²) in [5, 5.41) is 25.2. The van der Waals surface area contributed by atoms with Crippen LogP contribution in [0.15, 0.2) is 60.7 Å². The van der Waals surface area contributed by atoms with E-state index in [4.69, 9.17) is 24.8 Å². The van der Waals surface area contributed by atoms with Gasteiger partial charge in [0.1, 0.15) is 30.9 Å². The van der Waals surface area contributed by atoms with Gasteiger partial charge in [-0.2, -0.15) is 0 Å². The molecule has 0 heterocycles. The molecule has 0 spiro atoms. The number of ether oxygens (including phenoxy) is 2. The van der Waals surface area contributed by atoms with Crippen LogP contribution in [0.25, 0.3) is 0 Å². The molecule has 0 aliphatic heterocycles. The van der Waals surface area contributed by atoms with Crippen LogP contribution in [0.3, 0.4) is 0 Å². The lowest BCUT2D eigenvalue weighted by molar-refractivity contribution is -0.154. The molecule has 268 valence electrons. The van der Waals surface area contributed by atoms with Crippen LogP contribution in [-0.4, -0.2) is 56.9 Å². The molecule has 3 atom stereocenters. The Morgan fingerprint density at radius 3 is 1.27 bits per heavy atom. The minimum Gasteiger partial charge on any atom is -0.481 e. The lowest BCUT2D eigenvalue weighted by atomic mass is 10.0. The summed E-state index contributed by atoms with van der Waals surface area (Å²) in [6, 6.07) is 18.9. The second-order valence-electron chi connectivity index (χ2n) is 11.1. The number of carboxylic acid groups (broad SMARTS) is 2. The van der Waals surface area contributed by atoms with Gasteiger partial charge in [-0.3, -0.25) is 24.0 Å². The number of Topliss-reactive ketones (excluding diaryl/α,β-unsaturated/α-hetero) is 2. The molecule has 2 aromatic carbocycles. The molecule has 0 amide bonds. The van der Waals surface area contributed by atoms with Gasteiger partial charge in [0.05, 0.1) is 11.8 Å². The van der Waals surface area contributed by atoms with Gasteiger partial charge in [-0.1, -0.05) is 95.3 Å². The molecule has 0 saturated carbocycles. The van der Waals surface area contributed by atoms with Gasteiger partial charge in [0.2, 0.25) is 0 Å². The molecule has 0 radical (unpaired) electrons. The number of ketones is 2. The molecule has 0 aromatic heterocycles. The average molecular weight is 675 g/mol.